The molecule has 0 aromatic heterocycles. The first-order chi connectivity index (χ1) is 15.7. The Balaban J connectivity index is 1.81. The van der Waals surface area contributed by atoms with Gasteiger partial charge in [-0.2, -0.15) is 0 Å². The molecule has 1 amide bonds. The monoisotopic (exact) mass is 468 g/mol. The van der Waals surface area contributed by atoms with Crippen LogP contribution in [-0.2, 0) is 11.4 Å². The Hall–Kier alpha value is -3.26. The molecule has 3 rings (SSSR count). The number of amidine groups is 1. The summed E-state index contributed by atoms with van der Waals surface area (Å²) in [6.45, 7) is 8.11. The van der Waals surface area contributed by atoms with Crippen molar-refractivity contribution in [3.8, 4) is 11.5 Å². The van der Waals surface area contributed by atoms with Gasteiger partial charge in [0.1, 0.15) is 6.61 Å². The minimum absolute atomic E-state index is 0.0124. The number of methoxy groups -OCH3 is 1. The van der Waals surface area contributed by atoms with E-state index in [2.05, 4.69) is 4.99 Å². The van der Waals surface area contributed by atoms with Crippen LogP contribution >= 0.6 is 11.8 Å². The summed E-state index contributed by atoms with van der Waals surface area (Å²) in [4.78, 5) is 31.0. The molecule has 1 aliphatic heterocycles. The van der Waals surface area contributed by atoms with Gasteiger partial charge in [0.05, 0.1) is 17.6 Å². The number of carbonyl (C=O) groups excluding carboxylic acids is 1. The second-order valence-electron chi connectivity index (χ2n) is 8.09. The number of nitrogens with zero attached hydrogens (tertiary/aromatic N) is 2. The number of ether oxygens (including phenoxy) is 2. The SMILES string of the molecule is COc1cc(/C=C2/SC(=NC(C)C)N(C(C)C)C2=O)ccc1OCc1cccc(C(=O)O)c1. The largest absolute Gasteiger partial charge is 0.493 e. The van der Waals surface area contributed by atoms with E-state index in [9.17, 15) is 9.59 Å². The number of rotatable bonds is 8. The third kappa shape index (κ3) is 5.96. The van der Waals surface area contributed by atoms with E-state index in [1.165, 1.54) is 17.8 Å². The van der Waals surface area contributed by atoms with E-state index in [0.29, 0.717) is 21.6 Å². The molecule has 1 heterocycles. The van der Waals surface area contributed by atoms with E-state index >= 15 is 0 Å². The number of thioether (sulfide) groups is 1. The van der Waals surface area contributed by atoms with Crippen molar-refractivity contribution in [1.82, 2.24) is 4.90 Å². The standard InChI is InChI=1S/C25H28N2O5S/c1-15(2)26-25-27(16(3)4)23(28)22(33-25)13-17-9-10-20(21(12-17)31-5)32-14-18-7-6-8-19(11-18)24(29)30/h6-13,15-16H,14H2,1-5H3,(H,29,30)/b22-13+,26-25?. The zero-order chi connectivity index (χ0) is 24.1. The first-order valence-electron chi connectivity index (χ1n) is 10.6. The van der Waals surface area contributed by atoms with E-state index < -0.39 is 5.97 Å². The van der Waals surface area contributed by atoms with Crippen LogP contribution in [0.5, 0.6) is 11.5 Å². The molecule has 0 saturated carbocycles. The maximum atomic E-state index is 13.0. The minimum Gasteiger partial charge on any atom is -0.493 e. The molecule has 174 valence electrons. The number of hydrogen-bond acceptors (Lipinski definition) is 6. The van der Waals surface area contributed by atoms with Crippen molar-refractivity contribution in [2.24, 2.45) is 4.99 Å². The number of benzene rings is 2. The first-order valence-corrected chi connectivity index (χ1v) is 11.4. The lowest BCUT2D eigenvalue weighted by Crippen LogP contribution is -2.35. The normalized spacial score (nSPS) is 16.3. The third-order valence-corrected chi connectivity index (χ3v) is 5.77. The molecule has 1 saturated heterocycles. The van der Waals surface area contributed by atoms with Gasteiger partial charge in [-0.15, -0.1) is 0 Å². The molecule has 1 fully saturated rings. The maximum Gasteiger partial charge on any atom is 0.335 e. The van der Waals surface area contributed by atoms with Crippen LogP contribution < -0.4 is 9.47 Å². The van der Waals surface area contributed by atoms with E-state index in [-0.39, 0.29) is 30.2 Å². The van der Waals surface area contributed by atoms with Gasteiger partial charge in [0.25, 0.3) is 5.91 Å². The summed E-state index contributed by atoms with van der Waals surface area (Å²) >= 11 is 1.37. The van der Waals surface area contributed by atoms with Crippen LogP contribution in [0.3, 0.4) is 0 Å². The number of amides is 1. The van der Waals surface area contributed by atoms with Crippen molar-refractivity contribution in [3.05, 3.63) is 64.1 Å². The fourth-order valence-corrected chi connectivity index (χ4v) is 4.49. The number of aliphatic imine (C=N–C) groups is 1. The fraction of sp³-hybridized carbons (Fsp3) is 0.320. The Morgan fingerprint density at radius 1 is 1.15 bits per heavy atom. The average Bonchev–Trinajstić information content (AvgIpc) is 3.06. The van der Waals surface area contributed by atoms with Crippen LogP contribution in [0.4, 0.5) is 0 Å². The molecule has 33 heavy (non-hydrogen) atoms. The van der Waals surface area contributed by atoms with Crippen molar-refractivity contribution in [2.75, 3.05) is 7.11 Å². The summed E-state index contributed by atoms with van der Waals surface area (Å²) in [6, 6.07) is 12.1. The van der Waals surface area contributed by atoms with Gasteiger partial charge >= 0.3 is 5.97 Å². The highest BCUT2D eigenvalue weighted by atomic mass is 32.2. The van der Waals surface area contributed by atoms with Gasteiger partial charge in [-0.05, 0) is 80.9 Å². The lowest BCUT2D eigenvalue weighted by molar-refractivity contribution is -0.123. The number of carboxylic acid groups (broad SMARTS) is 1. The minimum atomic E-state index is -0.983. The summed E-state index contributed by atoms with van der Waals surface area (Å²) < 4.78 is 11.4. The van der Waals surface area contributed by atoms with Gasteiger partial charge in [-0.25, -0.2) is 4.79 Å². The Bertz CT molecular complexity index is 1110. The number of aromatic carboxylic acids is 1. The Kier molecular flexibility index (Phi) is 7.81. The van der Waals surface area contributed by atoms with Crippen molar-refractivity contribution in [3.63, 3.8) is 0 Å². The van der Waals surface area contributed by atoms with Crippen molar-refractivity contribution >= 4 is 34.9 Å². The summed E-state index contributed by atoms with van der Waals surface area (Å²) in [5.74, 6) is -0.00148. The predicted octanol–water partition coefficient (Wildman–Crippen LogP) is 5.06. The van der Waals surface area contributed by atoms with Crippen LogP contribution in [-0.4, -0.2) is 46.2 Å². The molecule has 2 aromatic carbocycles. The number of hydrogen-bond donors (Lipinski definition) is 1. The first kappa shape index (κ1) is 24.4. The Morgan fingerprint density at radius 2 is 1.91 bits per heavy atom. The Labute approximate surface area is 198 Å². The third-order valence-electron chi connectivity index (χ3n) is 4.78. The molecular formula is C25H28N2O5S. The Morgan fingerprint density at radius 3 is 2.55 bits per heavy atom. The van der Waals surface area contributed by atoms with Crippen LogP contribution in [0.2, 0.25) is 0 Å². The quantitative estimate of drug-likeness (QED) is 0.545. The highest BCUT2D eigenvalue weighted by Gasteiger charge is 2.35. The highest BCUT2D eigenvalue weighted by Crippen LogP contribution is 2.36. The van der Waals surface area contributed by atoms with Crippen LogP contribution in [0.15, 0.2) is 52.4 Å². The molecule has 0 atom stereocenters. The second kappa shape index (κ2) is 10.6. The van der Waals surface area contributed by atoms with Gasteiger partial charge in [0, 0.05) is 12.1 Å². The molecule has 0 aliphatic carbocycles. The van der Waals surface area contributed by atoms with Gasteiger partial charge in [0.2, 0.25) is 0 Å². The maximum absolute atomic E-state index is 13.0. The molecular weight excluding hydrogens is 440 g/mol. The van der Waals surface area contributed by atoms with Crippen LogP contribution in [0, 0.1) is 0 Å². The highest BCUT2D eigenvalue weighted by molar-refractivity contribution is 8.18. The van der Waals surface area contributed by atoms with E-state index in [1.807, 2.05) is 39.8 Å². The summed E-state index contributed by atoms with van der Waals surface area (Å²) in [5, 5.41) is 9.86. The van der Waals surface area contributed by atoms with Crippen LogP contribution in [0.25, 0.3) is 6.08 Å². The van der Waals surface area contributed by atoms with E-state index in [1.54, 1.807) is 42.3 Å². The van der Waals surface area contributed by atoms with Crippen LogP contribution in [0.1, 0.15) is 49.2 Å². The lowest BCUT2D eigenvalue weighted by Gasteiger charge is -2.20. The van der Waals surface area contributed by atoms with Crippen molar-refractivity contribution in [1.29, 1.82) is 0 Å². The summed E-state index contributed by atoms with van der Waals surface area (Å²) in [7, 11) is 1.55. The van der Waals surface area contributed by atoms with Gasteiger partial charge < -0.3 is 14.6 Å². The average molecular weight is 469 g/mol. The van der Waals surface area contributed by atoms with E-state index in [4.69, 9.17) is 14.6 Å². The van der Waals surface area contributed by atoms with Crippen molar-refractivity contribution in [2.45, 2.75) is 46.4 Å². The zero-order valence-electron chi connectivity index (χ0n) is 19.4. The molecule has 0 bridgehead atoms. The molecule has 0 unspecified atom stereocenters. The van der Waals surface area contributed by atoms with Crippen molar-refractivity contribution < 1.29 is 24.2 Å². The zero-order valence-corrected chi connectivity index (χ0v) is 20.2. The van der Waals surface area contributed by atoms with E-state index in [0.717, 1.165) is 11.1 Å². The smallest absolute Gasteiger partial charge is 0.335 e. The molecule has 0 spiro atoms. The molecule has 8 heteroatoms. The summed E-state index contributed by atoms with van der Waals surface area (Å²) in [5.41, 5.74) is 1.75. The topological polar surface area (TPSA) is 88.4 Å². The predicted molar refractivity (Wildman–Crippen MR) is 131 cm³/mol. The molecule has 7 nitrogen and oxygen atoms in total. The van der Waals surface area contributed by atoms with Gasteiger partial charge in [-0.3, -0.25) is 14.7 Å². The molecule has 1 aliphatic rings. The number of carbonyl (C=O) groups is 2. The fourth-order valence-electron chi connectivity index (χ4n) is 3.25. The molecule has 2 aromatic rings. The number of carboxylic acids is 1. The molecule has 1 N–H and O–H groups in total. The second-order valence-corrected chi connectivity index (χ2v) is 9.10. The lowest BCUT2D eigenvalue weighted by atomic mass is 10.1. The molecule has 0 radical (unpaired) electrons. The van der Waals surface area contributed by atoms with Gasteiger partial charge in [-0.1, -0.05) is 18.2 Å². The van der Waals surface area contributed by atoms with Gasteiger partial charge in [0.15, 0.2) is 16.7 Å². The summed E-state index contributed by atoms with van der Waals surface area (Å²) in [6.07, 6.45) is 1.83.